The van der Waals surface area contributed by atoms with Gasteiger partial charge < -0.3 is 14.7 Å². The molecule has 0 bridgehead atoms. The number of hydrogen-bond donors (Lipinski definition) is 1. The molecule has 0 unspecified atom stereocenters. The zero-order chi connectivity index (χ0) is 13.1. The number of phenols is 1. The number of hydrogen-bond acceptors (Lipinski definition) is 4. The van der Waals surface area contributed by atoms with Gasteiger partial charge in [0.2, 0.25) is 0 Å². The van der Waals surface area contributed by atoms with Gasteiger partial charge in [-0.15, -0.1) is 0 Å². The first kappa shape index (κ1) is 12.9. The number of rotatable bonds is 2. The first-order valence-corrected chi connectivity index (χ1v) is 7.12. The molecule has 1 aliphatic heterocycles. The predicted molar refractivity (Wildman–Crippen MR) is 68.4 cm³/mol. The Bertz CT molecular complexity index is 479. The van der Waals surface area contributed by atoms with Gasteiger partial charge in [-0.2, -0.15) is 0 Å². The molecular formula is C12H15NO4S. The Kier molecular flexibility index (Phi) is 3.86. The number of carbonyl (C=O) groups is 1. The molecule has 98 valence electrons. The van der Waals surface area contributed by atoms with Crippen molar-refractivity contribution < 1.29 is 18.8 Å². The lowest BCUT2D eigenvalue weighted by Gasteiger charge is -2.26. The summed E-state index contributed by atoms with van der Waals surface area (Å²) in [4.78, 5) is 13.8. The van der Waals surface area contributed by atoms with E-state index in [9.17, 15) is 14.1 Å². The van der Waals surface area contributed by atoms with Gasteiger partial charge in [0.15, 0.2) is 0 Å². The summed E-state index contributed by atoms with van der Waals surface area (Å²) in [6.45, 7) is 0.921. The molecule has 1 aromatic carbocycles. The molecule has 6 heteroatoms. The molecule has 1 heterocycles. The second-order valence-electron chi connectivity index (χ2n) is 4.02. The van der Waals surface area contributed by atoms with Crippen molar-refractivity contribution in [3.05, 3.63) is 23.8 Å². The van der Waals surface area contributed by atoms with Crippen LogP contribution in [0.2, 0.25) is 0 Å². The van der Waals surface area contributed by atoms with E-state index in [0.717, 1.165) is 0 Å². The highest BCUT2D eigenvalue weighted by Crippen LogP contribution is 2.24. The van der Waals surface area contributed by atoms with E-state index < -0.39 is 10.8 Å². The lowest BCUT2D eigenvalue weighted by Crippen LogP contribution is -2.41. The summed E-state index contributed by atoms with van der Waals surface area (Å²) < 4.78 is 16.3. The highest BCUT2D eigenvalue weighted by Gasteiger charge is 2.23. The minimum absolute atomic E-state index is 0.0625. The van der Waals surface area contributed by atoms with Crippen molar-refractivity contribution >= 4 is 16.7 Å². The van der Waals surface area contributed by atoms with Gasteiger partial charge in [-0.05, 0) is 18.2 Å². The second kappa shape index (κ2) is 5.39. The predicted octanol–water partition coefficient (Wildman–Crippen LogP) is 0.605. The van der Waals surface area contributed by atoms with Gasteiger partial charge in [0.25, 0.3) is 5.91 Å². The lowest BCUT2D eigenvalue weighted by atomic mass is 10.1. The van der Waals surface area contributed by atoms with E-state index >= 15 is 0 Å². The SMILES string of the molecule is COc1ccc(O)c(C(=O)N2CCS(=O)CC2)c1. The minimum atomic E-state index is -0.826. The first-order valence-electron chi connectivity index (χ1n) is 5.63. The molecule has 0 aromatic heterocycles. The van der Waals surface area contributed by atoms with Crippen LogP contribution in [0.4, 0.5) is 0 Å². The van der Waals surface area contributed by atoms with Gasteiger partial charge in [-0.1, -0.05) is 0 Å². The summed E-state index contributed by atoms with van der Waals surface area (Å²) in [6, 6.07) is 4.55. The average molecular weight is 269 g/mol. The monoisotopic (exact) mass is 269 g/mol. The molecule has 1 N–H and O–H groups in total. The number of nitrogens with zero attached hydrogens (tertiary/aromatic N) is 1. The van der Waals surface area contributed by atoms with Crippen LogP contribution in [-0.2, 0) is 10.8 Å². The van der Waals surface area contributed by atoms with Crippen molar-refractivity contribution in [2.75, 3.05) is 31.7 Å². The summed E-state index contributed by atoms with van der Waals surface area (Å²) in [5.74, 6) is 1.21. The molecule has 0 saturated carbocycles. The van der Waals surface area contributed by atoms with Crippen LogP contribution in [0.1, 0.15) is 10.4 Å². The Labute approximate surface area is 108 Å². The molecule has 18 heavy (non-hydrogen) atoms. The molecule has 0 radical (unpaired) electrons. The Morgan fingerprint density at radius 2 is 2.06 bits per heavy atom. The Balaban J connectivity index is 2.20. The van der Waals surface area contributed by atoms with Crippen molar-refractivity contribution in [3.63, 3.8) is 0 Å². The van der Waals surface area contributed by atoms with Gasteiger partial charge in [-0.25, -0.2) is 0 Å². The van der Waals surface area contributed by atoms with E-state index in [4.69, 9.17) is 4.74 Å². The van der Waals surface area contributed by atoms with Crippen LogP contribution >= 0.6 is 0 Å². The number of amides is 1. The topological polar surface area (TPSA) is 66.8 Å². The molecule has 1 aliphatic rings. The van der Waals surface area contributed by atoms with E-state index in [-0.39, 0.29) is 17.2 Å². The molecule has 1 saturated heterocycles. The number of phenolic OH excluding ortho intramolecular Hbond substituents is 1. The van der Waals surface area contributed by atoms with Gasteiger partial charge in [0.1, 0.15) is 11.5 Å². The van der Waals surface area contributed by atoms with Crippen LogP contribution in [0.25, 0.3) is 0 Å². The molecule has 1 fully saturated rings. The van der Waals surface area contributed by atoms with Crippen LogP contribution in [0, 0.1) is 0 Å². The van der Waals surface area contributed by atoms with Gasteiger partial charge in [0, 0.05) is 35.4 Å². The number of benzene rings is 1. The van der Waals surface area contributed by atoms with Gasteiger partial charge in [-0.3, -0.25) is 9.00 Å². The molecule has 1 amide bonds. The summed E-state index contributed by atoms with van der Waals surface area (Å²) in [7, 11) is 0.678. The van der Waals surface area contributed by atoms with Gasteiger partial charge >= 0.3 is 0 Å². The summed E-state index contributed by atoms with van der Waals surface area (Å²) in [5, 5.41) is 9.72. The fraction of sp³-hybridized carbons (Fsp3) is 0.417. The third-order valence-corrected chi connectivity index (χ3v) is 4.17. The van der Waals surface area contributed by atoms with Crippen molar-refractivity contribution in [2.45, 2.75) is 0 Å². The van der Waals surface area contributed by atoms with E-state index in [1.807, 2.05) is 0 Å². The normalized spacial score (nSPS) is 16.6. The maximum atomic E-state index is 12.2. The number of methoxy groups -OCH3 is 1. The van der Waals surface area contributed by atoms with Gasteiger partial charge in [0.05, 0.1) is 12.7 Å². The quantitative estimate of drug-likeness (QED) is 0.854. The van der Waals surface area contributed by atoms with Crippen LogP contribution in [0.3, 0.4) is 0 Å². The highest BCUT2D eigenvalue weighted by atomic mass is 32.2. The van der Waals surface area contributed by atoms with Crippen molar-refractivity contribution in [2.24, 2.45) is 0 Å². The molecule has 0 aliphatic carbocycles. The van der Waals surface area contributed by atoms with Crippen molar-refractivity contribution in [1.82, 2.24) is 4.90 Å². The summed E-state index contributed by atoms with van der Waals surface area (Å²) >= 11 is 0. The van der Waals surface area contributed by atoms with E-state index in [1.54, 1.807) is 11.0 Å². The number of aromatic hydroxyl groups is 1. The largest absolute Gasteiger partial charge is 0.507 e. The number of ether oxygens (including phenoxy) is 1. The fourth-order valence-electron chi connectivity index (χ4n) is 1.82. The molecule has 0 atom stereocenters. The Morgan fingerprint density at radius 3 is 2.67 bits per heavy atom. The standard InChI is InChI=1S/C12H15NO4S/c1-17-9-2-3-11(14)10(8-9)12(15)13-4-6-18(16)7-5-13/h2-3,8,14H,4-7H2,1H3. The lowest BCUT2D eigenvalue weighted by molar-refractivity contribution is 0.0768. The van der Waals surface area contributed by atoms with Crippen LogP contribution in [0.15, 0.2) is 18.2 Å². The zero-order valence-electron chi connectivity index (χ0n) is 10.1. The molecule has 5 nitrogen and oxygen atoms in total. The third kappa shape index (κ3) is 2.64. The maximum Gasteiger partial charge on any atom is 0.257 e. The number of carbonyl (C=O) groups excluding carboxylic acids is 1. The van der Waals surface area contributed by atoms with Crippen molar-refractivity contribution in [3.8, 4) is 11.5 Å². The highest BCUT2D eigenvalue weighted by molar-refractivity contribution is 7.85. The van der Waals surface area contributed by atoms with E-state index in [2.05, 4.69) is 0 Å². The van der Waals surface area contributed by atoms with E-state index in [0.29, 0.717) is 30.3 Å². The van der Waals surface area contributed by atoms with E-state index in [1.165, 1.54) is 19.2 Å². The zero-order valence-corrected chi connectivity index (χ0v) is 10.9. The van der Waals surface area contributed by atoms with Crippen LogP contribution in [-0.4, -0.2) is 51.8 Å². The minimum Gasteiger partial charge on any atom is -0.507 e. The first-order chi connectivity index (χ1) is 8.61. The average Bonchev–Trinajstić information content (AvgIpc) is 2.39. The smallest absolute Gasteiger partial charge is 0.257 e. The molecular weight excluding hydrogens is 254 g/mol. The maximum absolute atomic E-state index is 12.2. The summed E-state index contributed by atoms with van der Waals surface area (Å²) in [5.41, 5.74) is 0.224. The molecule has 0 spiro atoms. The Morgan fingerprint density at radius 1 is 1.39 bits per heavy atom. The van der Waals surface area contributed by atoms with Crippen LogP contribution < -0.4 is 4.74 Å². The summed E-state index contributed by atoms with van der Waals surface area (Å²) in [6.07, 6.45) is 0. The van der Waals surface area contributed by atoms with Crippen LogP contribution in [0.5, 0.6) is 11.5 Å². The fourth-order valence-corrected chi connectivity index (χ4v) is 2.88. The second-order valence-corrected chi connectivity index (χ2v) is 5.72. The Hall–Kier alpha value is -1.56. The molecule has 1 aromatic rings. The molecule has 2 rings (SSSR count). The third-order valence-electron chi connectivity index (χ3n) is 2.90. The van der Waals surface area contributed by atoms with Crippen molar-refractivity contribution in [1.29, 1.82) is 0 Å².